The first-order valence-electron chi connectivity index (χ1n) is 5.49. The maximum atomic E-state index is 11.4. The van der Waals surface area contributed by atoms with E-state index in [0.717, 1.165) is 6.42 Å². The van der Waals surface area contributed by atoms with E-state index in [2.05, 4.69) is 0 Å². The predicted octanol–water partition coefficient (Wildman–Crippen LogP) is 2.37. The Balaban J connectivity index is 2.74. The van der Waals surface area contributed by atoms with Crippen LogP contribution in [0.5, 0.6) is 0 Å². The van der Waals surface area contributed by atoms with Crippen LogP contribution < -0.4 is 5.73 Å². The topological polar surface area (TPSA) is 63.3 Å². The lowest BCUT2D eigenvalue weighted by atomic mass is 9.73. The molecule has 0 aliphatic carbocycles. The van der Waals surface area contributed by atoms with Crippen molar-refractivity contribution in [2.75, 3.05) is 6.54 Å². The fraction of sp³-hybridized carbons (Fsp3) is 0.583. The molecule has 16 heavy (non-hydrogen) atoms. The maximum absolute atomic E-state index is 11.4. The molecule has 0 saturated carbocycles. The number of carbonyl (C=O) groups is 1. The van der Waals surface area contributed by atoms with Crippen molar-refractivity contribution in [1.82, 2.24) is 0 Å². The standard InChI is InChI=1S/C12H19NO2S/c1-9(2)12(8-13,11(14)15)6-5-10-4-3-7-16-10/h3-4,7,9H,5-6,8,13H2,1-2H3,(H,14,15). The van der Waals surface area contributed by atoms with Gasteiger partial charge in [-0.1, -0.05) is 19.9 Å². The summed E-state index contributed by atoms with van der Waals surface area (Å²) in [6.07, 6.45) is 1.40. The molecular formula is C12H19NO2S. The fourth-order valence-corrected chi connectivity index (χ4v) is 2.58. The molecule has 1 aromatic heterocycles. The van der Waals surface area contributed by atoms with Gasteiger partial charge >= 0.3 is 5.97 Å². The Hall–Kier alpha value is -0.870. The smallest absolute Gasteiger partial charge is 0.311 e. The highest BCUT2D eigenvalue weighted by molar-refractivity contribution is 7.09. The lowest BCUT2D eigenvalue weighted by molar-refractivity contribution is -0.151. The van der Waals surface area contributed by atoms with E-state index in [1.807, 2.05) is 31.4 Å². The molecule has 0 saturated heterocycles. The number of hydrogen-bond donors (Lipinski definition) is 2. The molecule has 1 heterocycles. The Morgan fingerprint density at radius 2 is 2.31 bits per heavy atom. The van der Waals surface area contributed by atoms with Crippen molar-refractivity contribution in [3.63, 3.8) is 0 Å². The van der Waals surface area contributed by atoms with E-state index < -0.39 is 11.4 Å². The number of aliphatic carboxylic acids is 1. The summed E-state index contributed by atoms with van der Waals surface area (Å²) in [4.78, 5) is 12.6. The Kier molecular flexibility index (Phi) is 4.50. The SMILES string of the molecule is CC(C)C(CN)(CCc1cccs1)C(=O)O. The summed E-state index contributed by atoms with van der Waals surface area (Å²) >= 11 is 1.66. The van der Waals surface area contributed by atoms with E-state index >= 15 is 0 Å². The van der Waals surface area contributed by atoms with Crippen molar-refractivity contribution in [3.8, 4) is 0 Å². The second-order valence-electron chi connectivity index (χ2n) is 4.40. The summed E-state index contributed by atoms with van der Waals surface area (Å²) in [7, 11) is 0. The summed E-state index contributed by atoms with van der Waals surface area (Å²) in [5, 5.41) is 11.4. The van der Waals surface area contributed by atoms with Gasteiger partial charge in [0, 0.05) is 11.4 Å². The summed E-state index contributed by atoms with van der Waals surface area (Å²) in [6, 6.07) is 4.02. The van der Waals surface area contributed by atoms with Crippen molar-refractivity contribution in [3.05, 3.63) is 22.4 Å². The molecule has 0 aliphatic rings. The number of thiophene rings is 1. The first-order valence-corrected chi connectivity index (χ1v) is 6.36. The Morgan fingerprint density at radius 3 is 2.69 bits per heavy atom. The molecule has 1 rings (SSSR count). The van der Waals surface area contributed by atoms with Crippen LogP contribution in [0.2, 0.25) is 0 Å². The largest absolute Gasteiger partial charge is 0.481 e. The zero-order valence-corrected chi connectivity index (χ0v) is 10.6. The van der Waals surface area contributed by atoms with E-state index in [1.54, 1.807) is 11.3 Å². The third kappa shape index (κ3) is 2.62. The zero-order valence-electron chi connectivity index (χ0n) is 9.77. The van der Waals surface area contributed by atoms with Gasteiger partial charge in [0.05, 0.1) is 5.41 Å². The minimum Gasteiger partial charge on any atom is -0.481 e. The molecule has 0 amide bonds. The molecule has 1 unspecified atom stereocenters. The second kappa shape index (κ2) is 5.46. The molecular weight excluding hydrogens is 222 g/mol. The monoisotopic (exact) mass is 241 g/mol. The number of rotatable bonds is 6. The molecule has 3 N–H and O–H groups in total. The van der Waals surface area contributed by atoms with Gasteiger partial charge in [0.2, 0.25) is 0 Å². The van der Waals surface area contributed by atoms with Crippen LogP contribution in [0.25, 0.3) is 0 Å². The van der Waals surface area contributed by atoms with Gasteiger partial charge in [-0.2, -0.15) is 0 Å². The first kappa shape index (κ1) is 13.2. The number of hydrogen-bond acceptors (Lipinski definition) is 3. The number of carboxylic acids is 1. The van der Waals surface area contributed by atoms with Gasteiger partial charge in [-0.05, 0) is 30.2 Å². The Labute approximate surface area is 100 Å². The summed E-state index contributed by atoms with van der Waals surface area (Å²) in [6.45, 7) is 4.05. The van der Waals surface area contributed by atoms with Crippen molar-refractivity contribution in [2.24, 2.45) is 17.1 Å². The lowest BCUT2D eigenvalue weighted by Gasteiger charge is -2.31. The molecule has 90 valence electrons. The van der Waals surface area contributed by atoms with Gasteiger partial charge in [0.25, 0.3) is 0 Å². The first-order chi connectivity index (χ1) is 7.53. The molecule has 1 aromatic rings. The lowest BCUT2D eigenvalue weighted by Crippen LogP contribution is -2.43. The molecule has 4 heteroatoms. The van der Waals surface area contributed by atoms with Crippen LogP contribution >= 0.6 is 11.3 Å². The van der Waals surface area contributed by atoms with Crippen molar-refractivity contribution < 1.29 is 9.90 Å². The number of aryl methyl sites for hydroxylation is 1. The van der Waals surface area contributed by atoms with Crippen LogP contribution in [0.1, 0.15) is 25.1 Å². The van der Waals surface area contributed by atoms with Gasteiger partial charge in [0.1, 0.15) is 0 Å². The van der Waals surface area contributed by atoms with Crippen LogP contribution in [0.4, 0.5) is 0 Å². The summed E-state index contributed by atoms with van der Waals surface area (Å²) in [5.41, 5.74) is 4.88. The van der Waals surface area contributed by atoms with Crippen LogP contribution in [0.15, 0.2) is 17.5 Å². The van der Waals surface area contributed by atoms with Gasteiger partial charge in [-0.25, -0.2) is 0 Å². The molecule has 0 fully saturated rings. The van der Waals surface area contributed by atoms with E-state index in [4.69, 9.17) is 5.73 Å². The van der Waals surface area contributed by atoms with E-state index in [0.29, 0.717) is 6.42 Å². The normalized spacial score (nSPS) is 15.0. The minimum absolute atomic E-state index is 0.0509. The van der Waals surface area contributed by atoms with Gasteiger partial charge < -0.3 is 10.8 Å². The summed E-state index contributed by atoms with van der Waals surface area (Å²) in [5.74, 6) is -0.725. The average molecular weight is 241 g/mol. The maximum Gasteiger partial charge on any atom is 0.311 e. The van der Waals surface area contributed by atoms with E-state index in [9.17, 15) is 9.90 Å². The van der Waals surface area contributed by atoms with E-state index in [-0.39, 0.29) is 12.5 Å². The molecule has 0 aromatic carbocycles. The van der Waals surface area contributed by atoms with Crippen molar-refractivity contribution >= 4 is 17.3 Å². The van der Waals surface area contributed by atoms with Crippen molar-refractivity contribution in [2.45, 2.75) is 26.7 Å². The highest BCUT2D eigenvalue weighted by Gasteiger charge is 2.39. The molecule has 1 atom stereocenters. The Morgan fingerprint density at radius 1 is 1.62 bits per heavy atom. The zero-order chi connectivity index (χ0) is 12.2. The van der Waals surface area contributed by atoms with Crippen LogP contribution in [0, 0.1) is 11.3 Å². The molecule has 0 bridgehead atoms. The van der Waals surface area contributed by atoms with Gasteiger partial charge in [-0.3, -0.25) is 4.79 Å². The Bertz CT molecular complexity index is 335. The van der Waals surface area contributed by atoms with Gasteiger partial charge in [0.15, 0.2) is 0 Å². The van der Waals surface area contributed by atoms with Gasteiger partial charge in [-0.15, -0.1) is 11.3 Å². The highest BCUT2D eigenvalue weighted by atomic mass is 32.1. The molecule has 0 radical (unpaired) electrons. The molecule has 0 spiro atoms. The van der Waals surface area contributed by atoms with Crippen LogP contribution in [-0.4, -0.2) is 17.6 Å². The second-order valence-corrected chi connectivity index (χ2v) is 5.43. The minimum atomic E-state index is -0.788. The van der Waals surface area contributed by atoms with Crippen LogP contribution in [0.3, 0.4) is 0 Å². The van der Waals surface area contributed by atoms with Crippen molar-refractivity contribution in [1.29, 1.82) is 0 Å². The summed E-state index contributed by atoms with van der Waals surface area (Å²) < 4.78 is 0. The van der Waals surface area contributed by atoms with E-state index in [1.165, 1.54) is 4.88 Å². The average Bonchev–Trinajstić information content (AvgIpc) is 2.71. The third-order valence-corrected chi connectivity index (χ3v) is 4.23. The third-order valence-electron chi connectivity index (χ3n) is 3.29. The number of carboxylic acid groups (broad SMARTS) is 1. The highest BCUT2D eigenvalue weighted by Crippen LogP contribution is 2.33. The fourth-order valence-electron chi connectivity index (χ4n) is 1.87. The quantitative estimate of drug-likeness (QED) is 0.803. The predicted molar refractivity (Wildman–Crippen MR) is 66.6 cm³/mol. The van der Waals surface area contributed by atoms with Crippen LogP contribution in [-0.2, 0) is 11.2 Å². The number of nitrogens with two attached hydrogens (primary N) is 1. The molecule has 3 nitrogen and oxygen atoms in total. The molecule has 0 aliphatic heterocycles.